The lowest BCUT2D eigenvalue weighted by Crippen LogP contribution is -2.04. The van der Waals surface area contributed by atoms with Crippen LogP contribution in [0, 0.1) is 0 Å². The first-order valence-electron chi connectivity index (χ1n) is 6.44. The minimum absolute atomic E-state index is 0.311. The molecule has 0 aliphatic heterocycles. The average molecular weight is 274 g/mol. The third kappa shape index (κ3) is 3.17. The zero-order valence-electron chi connectivity index (χ0n) is 11.9. The van der Waals surface area contributed by atoms with Crippen LogP contribution < -0.4 is 9.47 Å². The fourth-order valence-corrected chi connectivity index (χ4v) is 1.76. The third-order valence-corrected chi connectivity index (χ3v) is 2.92. The second-order valence-corrected chi connectivity index (χ2v) is 4.69. The van der Waals surface area contributed by atoms with Gasteiger partial charge in [-0.05, 0) is 32.0 Å². The van der Waals surface area contributed by atoms with Crippen LogP contribution in [-0.4, -0.2) is 23.2 Å². The van der Waals surface area contributed by atoms with E-state index in [1.54, 1.807) is 25.3 Å². The molecule has 0 saturated carbocycles. The molecule has 0 amide bonds. The minimum atomic E-state index is 0.311. The van der Waals surface area contributed by atoms with Crippen LogP contribution in [0.15, 0.2) is 30.5 Å². The molecule has 0 spiro atoms. The molecule has 20 heavy (non-hydrogen) atoms. The molecule has 0 aliphatic rings. The molecule has 1 aromatic heterocycles. The van der Waals surface area contributed by atoms with Gasteiger partial charge in [0.1, 0.15) is 18.1 Å². The Morgan fingerprint density at radius 2 is 2.15 bits per heavy atom. The van der Waals surface area contributed by atoms with Gasteiger partial charge in [0.25, 0.3) is 0 Å². The summed E-state index contributed by atoms with van der Waals surface area (Å²) in [7, 11) is 1.57. The average Bonchev–Trinajstić information content (AvgIpc) is 2.93. The summed E-state index contributed by atoms with van der Waals surface area (Å²) in [6, 6.07) is 7.31. The number of nitrogens with zero attached hydrogens (tertiary/aromatic N) is 2. The van der Waals surface area contributed by atoms with Crippen molar-refractivity contribution in [2.75, 3.05) is 7.11 Å². The largest absolute Gasteiger partial charge is 0.497 e. The zero-order chi connectivity index (χ0) is 14.5. The fourth-order valence-electron chi connectivity index (χ4n) is 1.76. The number of benzene rings is 1. The lowest BCUT2D eigenvalue weighted by Gasteiger charge is -2.09. The van der Waals surface area contributed by atoms with Gasteiger partial charge >= 0.3 is 0 Å². The van der Waals surface area contributed by atoms with Crippen molar-refractivity contribution >= 4 is 6.29 Å². The standard InChI is InChI=1S/C15H18N2O3/c1-11(2)17-7-6-13(16-17)10-20-15-8-14(19-3)5-4-12(15)9-18/h4-9,11H,10H2,1-3H3. The highest BCUT2D eigenvalue weighted by molar-refractivity contribution is 5.79. The quantitative estimate of drug-likeness (QED) is 0.760. The molecule has 0 N–H and O–H groups in total. The van der Waals surface area contributed by atoms with Gasteiger partial charge in [-0.15, -0.1) is 0 Å². The number of aldehydes is 1. The molecule has 5 heteroatoms. The Bertz CT molecular complexity index is 591. The number of methoxy groups -OCH3 is 1. The molecule has 2 aromatic rings. The van der Waals surface area contributed by atoms with Gasteiger partial charge in [0.05, 0.1) is 18.4 Å². The van der Waals surface area contributed by atoms with Crippen LogP contribution in [0.5, 0.6) is 11.5 Å². The first-order valence-corrected chi connectivity index (χ1v) is 6.44. The molecule has 0 fully saturated rings. The zero-order valence-corrected chi connectivity index (χ0v) is 11.9. The molecule has 5 nitrogen and oxygen atoms in total. The van der Waals surface area contributed by atoms with Gasteiger partial charge in [0.2, 0.25) is 0 Å². The van der Waals surface area contributed by atoms with Gasteiger partial charge in [-0.25, -0.2) is 0 Å². The Morgan fingerprint density at radius 3 is 2.75 bits per heavy atom. The molecule has 0 bridgehead atoms. The van der Waals surface area contributed by atoms with E-state index in [0.29, 0.717) is 29.7 Å². The number of ether oxygens (including phenoxy) is 2. The predicted molar refractivity (Wildman–Crippen MR) is 75.3 cm³/mol. The minimum Gasteiger partial charge on any atom is -0.497 e. The van der Waals surface area contributed by atoms with Crippen molar-refractivity contribution in [3.8, 4) is 11.5 Å². The number of aromatic nitrogens is 2. The molecule has 0 radical (unpaired) electrons. The van der Waals surface area contributed by atoms with Crippen molar-refractivity contribution in [2.24, 2.45) is 0 Å². The van der Waals surface area contributed by atoms with E-state index in [1.807, 2.05) is 16.9 Å². The number of carbonyl (C=O) groups is 1. The normalized spacial score (nSPS) is 10.6. The molecule has 1 heterocycles. The summed E-state index contributed by atoms with van der Waals surface area (Å²) in [4.78, 5) is 11.0. The number of carbonyl (C=O) groups excluding carboxylic acids is 1. The van der Waals surface area contributed by atoms with Crippen molar-refractivity contribution in [3.63, 3.8) is 0 Å². The molecule has 0 saturated heterocycles. The topological polar surface area (TPSA) is 53.4 Å². The lowest BCUT2D eigenvalue weighted by molar-refractivity contribution is 0.111. The van der Waals surface area contributed by atoms with E-state index in [4.69, 9.17) is 9.47 Å². The molecule has 0 aliphatic carbocycles. The van der Waals surface area contributed by atoms with Gasteiger partial charge in [0, 0.05) is 18.3 Å². The molecular weight excluding hydrogens is 256 g/mol. The van der Waals surface area contributed by atoms with Crippen LogP contribution in [-0.2, 0) is 6.61 Å². The maximum Gasteiger partial charge on any atom is 0.153 e. The molecule has 2 rings (SSSR count). The second-order valence-electron chi connectivity index (χ2n) is 4.69. The SMILES string of the molecule is COc1ccc(C=O)c(OCc2ccn(C(C)C)n2)c1. The maximum atomic E-state index is 11.0. The van der Waals surface area contributed by atoms with Gasteiger partial charge in [0.15, 0.2) is 6.29 Å². The van der Waals surface area contributed by atoms with E-state index in [2.05, 4.69) is 18.9 Å². The van der Waals surface area contributed by atoms with E-state index < -0.39 is 0 Å². The first kappa shape index (κ1) is 14.1. The molecule has 106 valence electrons. The second kappa shape index (κ2) is 6.23. The Morgan fingerprint density at radius 1 is 1.35 bits per heavy atom. The van der Waals surface area contributed by atoms with Crippen molar-refractivity contribution < 1.29 is 14.3 Å². The van der Waals surface area contributed by atoms with Gasteiger partial charge < -0.3 is 9.47 Å². The number of hydrogen-bond donors (Lipinski definition) is 0. The van der Waals surface area contributed by atoms with E-state index in [9.17, 15) is 4.79 Å². The van der Waals surface area contributed by atoms with Gasteiger partial charge in [-0.1, -0.05) is 0 Å². The number of rotatable bonds is 6. The molecular formula is C15H18N2O3. The van der Waals surface area contributed by atoms with Crippen LogP contribution in [0.1, 0.15) is 35.9 Å². The Labute approximate surface area is 118 Å². The highest BCUT2D eigenvalue weighted by atomic mass is 16.5. The van der Waals surface area contributed by atoms with E-state index >= 15 is 0 Å². The summed E-state index contributed by atoms with van der Waals surface area (Å²) < 4.78 is 12.7. The van der Waals surface area contributed by atoms with Gasteiger partial charge in [-0.2, -0.15) is 5.10 Å². The van der Waals surface area contributed by atoms with Crippen LogP contribution >= 0.6 is 0 Å². The van der Waals surface area contributed by atoms with Crippen LogP contribution in [0.3, 0.4) is 0 Å². The van der Waals surface area contributed by atoms with E-state index in [1.165, 1.54) is 0 Å². The summed E-state index contributed by atoms with van der Waals surface area (Å²) in [5.41, 5.74) is 1.31. The van der Waals surface area contributed by atoms with Crippen LogP contribution in [0.4, 0.5) is 0 Å². The summed E-state index contributed by atoms with van der Waals surface area (Å²) in [5, 5.41) is 4.39. The fraction of sp³-hybridized carbons (Fsp3) is 0.333. The van der Waals surface area contributed by atoms with Crippen molar-refractivity contribution in [2.45, 2.75) is 26.5 Å². The highest BCUT2D eigenvalue weighted by Crippen LogP contribution is 2.24. The lowest BCUT2D eigenvalue weighted by atomic mass is 10.2. The van der Waals surface area contributed by atoms with Crippen LogP contribution in [0.2, 0.25) is 0 Å². The van der Waals surface area contributed by atoms with E-state index in [0.717, 1.165) is 12.0 Å². The third-order valence-electron chi connectivity index (χ3n) is 2.92. The van der Waals surface area contributed by atoms with Gasteiger partial charge in [-0.3, -0.25) is 9.48 Å². The Kier molecular flexibility index (Phi) is 4.40. The highest BCUT2D eigenvalue weighted by Gasteiger charge is 2.07. The molecule has 0 unspecified atom stereocenters. The summed E-state index contributed by atoms with van der Waals surface area (Å²) >= 11 is 0. The summed E-state index contributed by atoms with van der Waals surface area (Å²) in [6.07, 6.45) is 2.68. The molecule has 0 atom stereocenters. The Hall–Kier alpha value is -2.30. The smallest absolute Gasteiger partial charge is 0.153 e. The Balaban J connectivity index is 2.10. The summed E-state index contributed by atoms with van der Waals surface area (Å²) in [5.74, 6) is 1.15. The predicted octanol–water partition coefficient (Wildman–Crippen LogP) is 2.86. The van der Waals surface area contributed by atoms with Crippen molar-refractivity contribution in [3.05, 3.63) is 41.7 Å². The van der Waals surface area contributed by atoms with Crippen LogP contribution in [0.25, 0.3) is 0 Å². The van der Waals surface area contributed by atoms with Crippen molar-refractivity contribution in [1.82, 2.24) is 9.78 Å². The number of hydrogen-bond acceptors (Lipinski definition) is 4. The maximum absolute atomic E-state index is 11.0. The first-order chi connectivity index (χ1) is 9.63. The molecule has 1 aromatic carbocycles. The summed E-state index contributed by atoms with van der Waals surface area (Å²) in [6.45, 7) is 4.43. The monoisotopic (exact) mass is 274 g/mol. The van der Waals surface area contributed by atoms with E-state index in [-0.39, 0.29) is 0 Å². The van der Waals surface area contributed by atoms with Crippen molar-refractivity contribution in [1.29, 1.82) is 0 Å².